The van der Waals surface area contributed by atoms with Crippen molar-refractivity contribution in [2.45, 2.75) is 31.8 Å². The summed E-state index contributed by atoms with van der Waals surface area (Å²) < 4.78 is 10.5. The highest BCUT2D eigenvalue weighted by Crippen LogP contribution is 2.26. The molecular formula is C9H14O5. The minimum atomic E-state index is -1.23. The first-order valence-corrected chi connectivity index (χ1v) is 4.25. The van der Waals surface area contributed by atoms with Gasteiger partial charge in [-0.3, -0.25) is 0 Å². The summed E-state index contributed by atoms with van der Waals surface area (Å²) in [6, 6.07) is 0. The number of aliphatic hydroxyl groups excluding tert-OH is 1. The van der Waals surface area contributed by atoms with Crippen LogP contribution in [-0.2, 0) is 14.3 Å². The molecule has 0 aliphatic carbocycles. The molecule has 1 aliphatic heterocycles. The number of rotatable bonds is 3. The molecule has 0 amide bonds. The number of hydrogen-bond donors (Lipinski definition) is 2. The predicted molar refractivity (Wildman–Crippen MR) is 47.7 cm³/mol. The van der Waals surface area contributed by atoms with Crippen LogP contribution in [0.2, 0.25) is 0 Å². The van der Waals surface area contributed by atoms with E-state index in [1.54, 1.807) is 13.8 Å². The average Bonchev–Trinajstić information content (AvgIpc) is 2.43. The molecule has 1 aliphatic rings. The zero-order valence-corrected chi connectivity index (χ0v) is 8.19. The number of ether oxygens (including phenoxy) is 2. The van der Waals surface area contributed by atoms with Gasteiger partial charge in [-0.2, -0.15) is 0 Å². The van der Waals surface area contributed by atoms with Crippen LogP contribution in [0.15, 0.2) is 12.2 Å². The van der Waals surface area contributed by atoms with E-state index >= 15 is 0 Å². The van der Waals surface area contributed by atoms with E-state index in [4.69, 9.17) is 14.6 Å². The lowest BCUT2D eigenvalue weighted by molar-refractivity contribution is -0.151. The summed E-state index contributed by atoms with van der Waals surface area (Å²) in [5, 5.41) is 18.1. The highest BCUT2D eigenvalue weighted by molar-refractivity contribution is 5.87. The van der Waals surface area contributed by atoms with Gasteiger partial charge in [0.2, 0.25) is 0 Å². The number of aliphatic carboxylic acids is 1. The quantitative estimate of drug-likeness (QED) is 0.636. The maximum absolute atomic E-state index is 10.5. The van der Waals surface area contributed by atoms with Crippen molar-refractivity contribution in [2.24, 2.45) is 0 Å². The van der Waals surface area contributed by atoms with Crippen molar-refractivity contribution in [3.63, 3.8) is 0 Å². The van der Waals surface area contributed by atoms with Crippen LogP contribution in [0, 0.1) is 0 Å². The molecule has 0 aromatic rings. The molecule has 1 fully saturated rings. The van der Waals surface area contributed by atoms with Crippen molar-refractivity contribution < 1.29 is 24.5 Å². The molecule has 0 radical (unpaired) electrons. The predicted octanol–water partition coefficient (Wildman–Crippen LogP) is 0.140. The molecule has 0 aromatic carbocycles. The van der Waals surface area contributed by atoms with Crippen LogP contribution in [0.5, 0.6) is 0 Å². The Bertz CT molecular complexity index is 258. The SMILES string of the molecule is C=C(C(=O)O)C(O)C1COC(C)(C)O1. The lowest BCUT2D eigenvalue weighted by Gasteiger charge is -2.20. The maximum atomic E-state index is 10.5. The van der Waals surface area contributed by atoms with E-state index in [1.807, 2.05) is 0 Å². The molecule has 2 atom stereocenters. The van der Waals surface area contributed by atoms with Gasteiger partial charge in [0, 0.05) is 0 Å². The third-order valence-corrected chi connectivity index (χ3v) is 2.01. The number of hydrogen-bond acceptors (Lipinski definition) is 4. The Balaban J connectivity index is 2.60. The molecule has 0 aromatic heterocycles. The van der Waals surface area contributed by atoms with Crippen LogP contribution < -0.4 is 0 Å². The van der Waals surface area contributed by atoms with Gasteiger partial charge in [0.05, 0.1) is 12.2 Å². The lowest BCUT2D eigenvalue weighted by atomic mass is 10.1. The summed E-state index contributed by atoms with van der Waals surface area (Å²) >= 11 is 0. The third kappa shape index (κ3) is 2.31. The molecule has 0 bridgehead atoms. The molecule has 0 saturated carbocycles. The summed E-state index contributed by atoms with van der Waals surface area (Å²) in [5.41, 5.74) is -0.281. The molecule has 5 heteroatoms. The second-order valence-corrected chi connectivity index (χ2v) is 3.64. The first kappa shape index (κ1) is 11.2. The zero-order chi connectivity index (χ0) is 10.9. The van der Waals surface area contributed by atoms with Gasteiger partial charge in [-0.15, -0.1) is 0 Å². The Morgan fingerprint density at radius 1 is 1.64 bits per heavy atom. The van der Waals surface area contributed by atoms with Crippen molar-refractivity contribution >= 4 is 5.97 Å². The van der Waals surface area contributed by atoms with E-state index < -0.39 is 24.0 Å². The largest absolute Gasteiger partial charge is 0.478 e. The Kier molecular flexibility index (Phi) is 2.94. The smallest absolute Gasteiger partial charge is 0.333 e. The van der Waals surface area contributed by atoms with Crippen LogP contribution in [-0.4, -0.2) is 40.8 Å². The fraction of sp³-hybridized carbons (Fsp3) is 0.667. The minimum Gasteiger partial charge on any atom is -0.478 e. The first-order valence-electron chi connectivity index (χ1n) is 4.25. The standard InChI is InChI=1S/C9H14O5/c1-5(8(11)12)7(10)6-4-13-9(2,3)14-6/h6-7,10H,1,4H2,2-3H3,(H,11,12). The van der Waals surface area contributed by atoms with Crippen molar-refractivity contribution in [3.05, 3.63) is 12.2 Å². The van der Waals surface area contributed by atoms with E-state index in [0.717, 1.165) is 0 Å². The lowest BCUT2D eigenvalue weighted by Crippen LogP contribution is -2.34. The van der Waals surface area contributed by atoms with E-state index in [-0.39, 0.29) is 12.2 Å². The van der Waals surface area contributed by atoms with E-state index in [0.29, 0.717) is 0 Å². The number of carboxylic acid groups (broad SMARTS) is 1. The molecule has 1 heterocycles. The van der Waals surface area contributed by atoms with Gasteiger partial charge < -0.3 is 19.7 Å². The highest BCUT2D eigenvalue weighted by Gasteiger charge is 2.38. The van der Waals surface area contributed by atoms with Crippen LogP contribution in [0.1, 0.15) is 13.8 Å². The molecule has 1 rings (SSSR count). The monoisotopic (exact) mass is 202 g/mol. The van der Waals surface area contributed by atoms with Gasteiger partial charge in [-0.05, 0) is 13.8 Å². The second-order valence-electron chi connectivity index (χ2n) is 3.64. The van der Waals surface area contributed by atoms with Crippen LogP contribution in [0.4, 0.5) is 0 Å². The molecule has 2 N–H and O–H groups in total. The van der Waals surface area contributed by atoms with Crippen LogP contribution in [0.25, 0.3) is 0 Å². The fourth-order valence-electron chi connectivity index (χ4n) is 1.22. The average molecular weight is 202 g/mol. The van der Waals surface area contributed by atoms with Gasteiger partial charge in [-0.25, -0.2) is 4.79 Å². The van der Waals surface area contributed by atoms with Gasteiger partial charge in [-0.1, -0.05) is 6.58 Å². The van der Waals surface area contributed by atoms with E-state index in [1.165, 1.54) is 0 Å². The molecule has 1 saturated heterocycles. The molecule has 14 heavy (non-hydrogen) atoms. The summed E-state index contributed by atoms with van der Waals surface area (Å²) in [6.45, 7) is 6.82. The summed E-state index contributed by atoms with van der Waals surface area (Å²) in [5.74, 6) is -2.00. The molecular weight excluding hydrogens is 188 g/mol. The van der Waals surface area contributed by atoms with Gasteiger partial charge in [0.15, 0.2) is 5.79 Å². The molecule has 0 spiro atoms. The van der Waals surface area contributed by atoms with Crippen molar-refractivity contribution in [1.82, 2.24) is 0 Å². The Hall–Kier alpha value is -0.910. The fourth-order valence-corrected chi connectivity index (χ4v) is 1.22. The molecule has 80 valence electrons. The van der Waals surface area contributed by atoms with Crippen molar-refractivity contribution in [1.29, 1.82) is 0 Å². The maximum Gasteiger partial charge on any atom is 0.333 e. The normalized spacial score (nSPS) is 27.2. The third-order valence-electron chi connectivity index (χ3n) is 2.01. The van der Waals surface area contributed by atoms with Gasteiger partial charge >= 0.3 is 5.97 Å². The highest BCUT2D eigenvalue weighted by atomic mass is 16.7. The number of aliphatic hydroxyl groups is 1. The Labute approximate surface area is 81.9 Å². The Morgan fingerprint density at radius 2 is 2.21 bits per heavy atom. The first-order chi connectivity index (χ1) is 6.33. The summed E-state index contributed by atoms with van der Waals surface area (Å²) in [6.07, 6.45) is -1.89. The minimum absolute atomic E-state index is 0.167. The zero-order valence-electron chi connectivity index (χ0n) is 8.19. The van der Waals surface area contributed by atoms with Crippen LogP contribution in [0.3, 0.4) is 0 Å². The van der Waals surface area contributed by atoms with Crippen molar-refractivity contribution in [2.75, 3.05) is 6.61 Å². The number of carbonyl (C=O) groups is 1. The summed E-state index contributed by atoms with van der Waals surface area (Å²) in [7, 11) is 0. The molecule has 5 nitrogen and oxygen atoms in total. The topological polar surface area (TPSA) is 76.0 Å². The second kappa shape index (κ2) is 3.68. The molecule has 2 unspecified atom stereocenters. The summed E-state index contributed by atoms with van der Waals surface area (Å²) in [4.78, 5) is 10.5. The van der Waals surface area contributed by atoms with Crippen LogP contribution >= 0.6 is 0 Å². The van der Waals surface area contributed by atoms with E-state index in [2.05, 4.69) is 6.58 Å². The van der Waals surface area contributed by atoms with Crippen molar-refractivity contribution in [3.8, 4) is 0 Å². The van der Waals surface area contributed by atoms with Gasteiger partial charge in [0.25, 0.3) is 0 Å². The Morgan fingerprint density at radius 3 is 2.57 bits per heavy atom. The number of carboxylic acids is 1. The van der Waals surface area contributed by atoms with Gasteiger partial charge in [0.1, 0.15) is 12.2 Å². The van der Waals surface area contributed by atoms with E-state index in [9.17, 15) is 9.90 Å².